The molecule has 0 aliphatic rings. The van der Waals surface area contributed by atoms with E-state index in [0.717, 1.165) is 12.0 Å². The molecule has 0 amide bonds. The van der Waals surface area contributed by atoms with Crippen LogP contribution in [-0.4, -0.2) is 13.1 Å². The highest BCUT2D eigenvalue weighted by atomic mass is 16.5. The van der Waals surface area contributed by atoms with Crippen LogP contribution in [0.3, 0.4) is 0 Å². The Bertz CT molecular complexity index is 435. The van der Waals surface area contributed by atoms with Gasteiger partial charge in [0.05, 0.1) is 12.5 Å². The van der Waals surface area contributed by atoms with Crippen molar-refractivity contribution in [2.45, 2.75) is 39.5 Å². The third-order valence-corrected chi connectivity index (χ3v) is 3.12. The van der Waals surface area contributed by atoms with Crippen molar-refractivity contribution in [3.05, 3.63) is 47.0 Å². The van der Waals surface area contributed by atoms with E-state index in [2.05, 4.69) is 32.1 Å². The van der Waals surface area contributed by atoms with Gasteiger partial charge in [-0.25, -0.2) is 0 Å². The Morgan fingerprint density at radius 2 is 1.78 bits per heavy atom. The first-order valence-electron chi connectivity index (χ1n) is 6.19. The third kappa shape index (κ3) is 3.46. The van der Waals surface area contributed by atoms with Gasteiger partial charge < -0.3 is 4.74 Å². The largest absolute Gasteiger partial charge is 0.468 e. The molecule has 2 heteroatoms. The minimum Gasteiger partial charge on any atom is -0.468 e. The molecule has 0 aromatic heterocycles. The molecule has 1 aromatic carbocycles. The van der Waals surface area contributed by atoms with Crippen molar-refractivity contribution in [2.24, 2.45) is 0 Å². The first-order valence-corrected chi connectivity index (χ1v) is 6.19. The number of methoxy groups -OCH3 is 1. The van der Waals surface area contributed by atoms with Gasteiger partial charge in [0.1, 0.15) is 0 Å². The summed E-state index contributed by atoms with van der Waals surface area (Å²) < 4.78 is 4.83. The van der Waals surface area contributed by atoms with Crippen LogP contribution in [0.2, 0.25) is 0 Å². The second-order valence-electron chi connectivity index (χ2n) is 5.30. The zero-order chi connectivity index (χ0) is 13.8. The van der Waals surface area contributed by atoms with E-state index in [4.69, 9.17) is 4.74 Å². The molecule has 0 unspecified atom stereocenters. The van der Waals surface area contributed by atoms with Gasteiger partial charge in [-0.15, -0.1) is 0 Å². The van der Waals surface area contributed by atoms with Gasteiger partial charge in [0.25, 0.3) is 0 Å². The van der Waals surface area contributed by atoms with Gasteiger partial charge in [-0.2, -0.15) is 0 Å². The fourth-order valence-electron chi connectivity index (χ4n) is 1.75. The van der Waals surface area contributed by atoms with Crippen LogP contribution in [-0.2, 0) is 21.4 Å². The first kappa shape index (κ1) is 14.5. The maximum atomic E-state index is 11.7. The van der Waals surface area contributed by atoms with Gasteiger partial charge in [-0.1, -0.05) is 35.9 Å². The summed E-state index contributed by atoms with van der Waals surface area (Å²) in [7, 11) is 1.42. The Hall–Kier alpha value is -1.57. The van der Waals surface area contributed by atoms with Crippen LogP contribution in [0, 0.1) is 0 Å². The van der Waals surface area contributed by atoms with E-state index in [0.29, 0.717) is 0 Å². The molecule has 0 spiro atoms. The molecule has 0 atom stereocenters. The van der Waals surface area contributed by atoms with E-state index in [1.165, 1.54) is 18.2 Å². The Morgan fingerprint density at radius 1 is 1.22 bits per heavy atom. The number of allylic oxidation sites excluding steroid dienone is 2. The Kier molecular flexibility index (Phi) is 4.71. The van der Waals surface area contributed by atoms with Gasteiger partial charge in [0.15, 0.2) is 0 Å². The maximum Gasteiger partial charge on any atom is 0.315 e. The lowest BCUT2D eigenvalue weighted by molar-refractivity contribution is -0.146. The Morgan fingerprint density at radius 3 is 2.22 bits per heavy atom. The average Bonchev–Trinajstić information content (AvgIpc) is 2.35. The summed E-state index contributed by atoms with van der Waals surface area (Å²) in [5.74, 6) is -0.209. The van der Waals surface area contributed by atoms with Gasteiger partial charge in [-0.05, 0) is 45.2 Å². The van der Waals surface area contributed by atoms with Crippen LogP contribution in [0.15, 0.2) is 35.9 Å². The van der Waals surface area contributed by atoms with E-state index in [-0.39, 0.29) is 5.97 Å². The van der Waals surface area contributed by atoms with E-state index >= 15 is 0 Å². The molecule has 0 heterocycles. The van der Waals surface area contributed by atoms with Crippen LogP contribution in [0.25, 0.3) is 0 Å². The van der Waals surface area contributed by atoms with Crippen LogP contribution < -0.4 is 0 Å². The van der Waals surface area contributed by atoms with Crippen molar-refractivity contribution in [3.63, 3.8) is 0 Å². The number of hydrogen-bond acceptors (Lipinski definition) is 2. The molecule has 2 nitrogen and oxygen atoms in total. The van der Waals surface area contributed by atoms with Crippen molar-refractivity contribution in [2.75, 3.05) is 7.11 Å². The molecular formula is C16H22O2. The molecule has 1 rings (SSSR count). The van der Waals surface area contributed by atoms with E-state index in [1.54, 1.807) is 0 Å². The summed E-state index contributed by atoms with van der Waals surface area (Å²) in [5.41, 5.74) is 2.95. The summed E-state index contributed by atoms with van der Waals surface area (Å²) >= 11 is 0. The number of ether oxygens (including phenoxy) is 1. The lowest BCUT2D eigenvalue weighted by Gasteiger charge is -2.22. The fraction of sp³-hybridized carbons (Fsp3) is 0.438. The van der Waals surface area contributed by atoms with Gasteiger partial charge >= 0.3 is 5.97 Å². The fourth-order valence-corrected chi connectivity index (χ4v) is 1.75. The molecule has 0 N–H and O–H groups in total. The van der Waals surface area contributed by atoms with Crippen molar-refractivity contribution in [3.8, 4) is 0 Å². The smallest absolute Gasteiger partial charge is 0.315 e. The number of rotatable bonds is 4. The van der Waals surface area contributed by atoms with E-state index < -0.39 is 5.41 Å². The summed E-state index contributed by atoms with van der Waals surface area (Å²) in [4.78, 5) is 11.7. The number of hydrogen-bond donors (Lipinski definition) is 0. The number of carbonyl (C=O) groups excluding carboxylic acids is 1. The van der Waals surface area contributed by atoms with Gasteiger partial charge in [0, 0.05) is 0 Å². The molecule has 0 saturated heterocycles. The van der Waals surface area contributed by atoms with Crippen molar-refractivity contribution in [1.82, 2.24) is 0 Å². The molecule has 0 aliphatic heterocycles. The number of carbonyl (C=O) groups is 1. The Balaban J connectivity index is 2.89. The number of benzene rings is 1. The summed E-state index contributed by atoms with van der Waals surface area (Å²) in [6.07, 6.45) is 3.13. The minimum atomic E-state index is -0.593. The third-order valence-electron chi connectivity index (χ3n) is 3.12. The van der Waals surface area contributed by atoms with Crippen LogP contribution in [0.5, 0.6) is 0 Å². The van der Waals surface area contributed by atoms with Crippen LogP contribution >= 0.6 is 0 Å². The summed E-state index contributed by atoms with van der Waals surface area (Å²) in [6.45, 7) is 7.94. The van der Waals surface area contributed by atoms with Crippen LogP contribution in [0.4, 0.5) is 0 Å². The van der Waals surface area contributed by atoms with Crippen molar-refractivity contribution in [1.29, 1.82) is 0 Å². The minimum absolute atomic E-state index is 0.209. The average molecular weight is 246 g/mol. The normalized spacial score (nSPS) is 10.9. The summed E-state index contributed by atoms with van der Waals surface area (Å²) in [5, 5.41) is 0. The van der Waals surface area contributed by atoms with Crippen molar-refractivity contribution < 1.29 is 9.53 Å². The lowest BCUT2D eigenvalue weighted by atomic mass is 9.84. The topological polar surface area (TPSA) is 26.3 Å². The second-order valence-corrected chi connectivity index (χ2v) is 5.30. The van der Waals surface area contributed by atoms with E-state index in [1.807, 2.05) is 26.0 Å². The molecule has 98 valence electrons. The van der Waals surface area contributed by atoms with E-state index in [9.17, 15) is 4.79 Å². The maximum absolute atomic E-state index is 11.7. The van der Waals surface area contributed by atoms with Crippen LogP contribution in [0.1, 0.15) is 38.8 Å². The predicted octanol–water partition coefficient (Wildman–Crippen LogP) is 3.65. The zero-order valence-corrected chi connectivity index (χ0v) is 11.9. The molecule has 0 bridgehead atoms. The molecule has 18 heavy (non-hydrogen) atoms. The SMILES string of the molecule is COC(=O)C(C)(C)c1ccc(CC=C(C)C)cc1. The molecule has 0 aliphatic carbocycles. The first-order chi connectivity index (χ1) is 8.37. The Labute approximate surface area is 110 Å². The molecular weight excluding hydrogens is 224 g/mol. The summed E-state index contributed by atoms with van der Waals surface area (Å²) in [6, 6.07) is 8.15. The predicted molar refractivity (Wildman–Crippen MR) is 74.6 cm³/mol. The molecule has 0 radical (unpaired) electrons. The number of esters is 1. The lowest BCUT2D eigenvalue weighted by Crippen LogP contribution is -2.30. The van der Waals surface area contributed by atoms with Crippen molar-refractivity contribution >= 4 is 5.97 Å². The molecule has 1 aromatic rings. The quantitative estimate of drug-likeness (QED) is 0.599. The highest BCUT2D eigenvalue weighted by Gasteiger charge is 2.30. The highest BCUT2D eigenvalue weighted by molar-refractivity contribution is 5.82. The van der Waals surface area contributed by atoms with Gasteiger partial charge in [-0.3, -0.25) is 4.79 Å². The standard InChI is InChI=1S/C16H22O2/c1-12(2)6-7-13-8-10-14(11-9-13)16(3,4)15(17)18-5/h6,8-11H,7H2,1-5H3. The van der Waals surface area contributed by atoms with Gasteiger partial charge in [0.2, 0.25) is 0 Å². The highest BCUT2D eigenvalue weighted by Crippen LogP contribution is 2.25. The monoisotopic (exact) mass is 246 g/mol. The molecule has 0 saturated carbocycles. The second kappa shape index (κ2) is 5.85. The molecule has 0 fully saturated rings. The zero-order valence-electron chi connectivity index (χ0n) is 11.9.